The van der Waals surface area contributed by atoms with Crippen molar-refractivity contribution in [3.8, 4) is 11.5 Å². The minimum atomic E-state index is -0.140. The van der Waals surface area contributed by atoms with Gasteiger partial charge in [0.1, 0.15) is 0 Å². The van der Waals surface area contributed by atoms with Crippen LogP contribution in [0.25, 0.3) is 17.0 Å². The molecule has 31 heavy (non-hydrogen) atoms. The van der Waals surface area contributed by atoms with Gasteiger partial charge in [0.2, 0.25) is 12.7 Å². The van der Waals surface area contributed by atoms with Crippen molar-refractivity contribution in [2.45, 2.75) is 5.92 Å². The second-order valence-corrected chi connectivity index (χ2v) is 7.44. The van der Waals surface area contributed by atoms with E-state index in [-0.39, 0.29) is 18.6 Å². The molecule has 5 nitrogen and oxygen atoms in total. The molecule has 5 heteroatoms. The number of benzene rings is 3. The van der Waals surface area contributed by atoms with Crippen molar-refractivity contribution in [1.82, 2.24) is 10.3 Å². The van der Waals surface area contributed by atoms with Crippen molar-refractivity contribution in [3.63, 3.8) is 0 Å². The van der Waals surface area contributed by atoms with Crippen LogP contribution in [0.15, 0.2) is 85.1 Å². The van der Waals surface area contributed by atoms with E-state index >= 15 is 0 Å². The first kappa shape index (κ1) is 19.0. The number of H-pyrrole nitrogens is 1. The van der Waals surface area contributed by atoms with Crippen LogP contribution in [0.2, 0.25) is 0 Å². The predicted octanol–water partition coefficient (Wildman–Crippen LogP) is 4.86. The molecule has 0 fully saturated rings. The molecule has 1 aromatic heterocycles. The highest BCUT2D eigenvalue weighted by Gasteiger charge is 2.18. The summed E-state index contributed by atoms with van der Waals surface area (Å²) in [6.45, 7) is 0.730. The minimum absolute atomic E-state index is 0.0419. The molecule has 2 N–H and O–H groups in total. The quantitative estimate of drug-likeness (QED) is 0.446. The molecule has 2 heterocycles. The van der Waals surface area contributed by atoms with Crippen molar-refractivity contribution >= 4 is 22.9 Å². The van der Waals surface area contributed by atoms with Gasteiger partial charge in [-0.2, -0.15) is 0 Å². The first-order valence-electron chi connectivity index (χ1n) is 10.2. The molecule has 5 rings (SSSR count). The molecule has 3 aromatic carbocycles. The Morgan fingerprint density at radius 2 is 1.81 bits per heavy atom. The molecule has 0 radical (unpaired) electrons. The van der Waals surface area contributed by atoms with Gasteiger partial charge in [-0.1, -0.05) is 54.6 Å². The van der Waals surface area contributed by atoms with Crippen LogP contribution in [0.1, 0.15) is 22.6 Å². The second kappa shape index (κ2) is 8.40. The summed E-state index contributed by atoms with van der Waals surface area (Å²) in [6.07, 6.45) is 5.37. The third kappa shape index (κ3) is 4.03. The van der Waals surface area contributed by atoms with Gasteiger partial charge in [0.05, 0.1) is 0 Å². The summed E-state index contributed by atoms with van der Waals surface area (Å²) in [7, 11) is 0. The lowest BCUT2D eigenvalue weighted by atomic mass is 9.91. The number of carbonyl (C=O) groups excluding carboxylic acids is 1. The average molecular weight is 410 g/mol. The van der Waals surface area contributed by atoms with E-state index < -0.39 is 0 Å². The summed E-state index contributed by atoms with van der Waals surface area (Å²) < 4.78 is 10.7. The van der Waals surface area contributed by atoms with Crippen molar-refractivity contribution in [2.75, 3.05) is 13.3 Å². The molecular weight excluding hydrogens is 388 g/mol. The van der Waals surface area contributed by atoms with Crippen molar-refractivity contribution < 1.29 is 14.3 Å². The van der Waals surface area contributed by atoms with Gasteiger partial charge in [-0.25, -0.2) is 0 Å². The molecule has 0 saturated heterocycles. The maximum Gasteiger partial charge on any atom is 0.244 e. The lowest BCUT2D eigenvalue weighted by Gasteiger charge is -2.17. The van der Waals surface area contributed by atoms with Crippen molar-refractivity contribution in [1.29, 1.82) is 0 Å². The molecule has 1 atom stereocenters. The largest absolute Gasteiger partial charge is 0.454 e. The Labute approximate surface area is 180 Å². The molecule has 1 amide bonds. The molecule has 0 aliphatic carbocycles. The zero-order valence-electron chi connectivity index (χ0n) is 16.9. The van der Waals surface area contributed by atoms with Gasteiger partial charge in [-0.15, -0.1) is 0 Å². The lowest BCUT2D eigenvalue weighted by molar-refractivity contribution is -0.116. The number of amides is 1. The number of nitrogens with one attached hydrogen (secondary N) is 2. The molecule has 4 aromatic rings. The Kier molecular flexibility index (Phi) is 5.15. The first-order valence-corrected chi connectivity index (χ1v) is 10.2. The van der Waals surface area contributed by atoms with Crippen molar-refractivity contribution in [2.24, 2.45) is 0 Å². The third-order valence-corrected chi connectivity index (χ3v) is 5.50. The third-order valence-electron chi connectivity index (χ3n) is 5.50. The lowest BCUT2D eigenvalue weighted by Crippen LogP contribution is -2.27. The van der Waals surface area contributed by atoms with Gasteiger partial charge in [0.15, 0.2) is 11.5 Å². The fraction of sp³-hybridized carbons (Fsp3) is 0.115. The standard InChI is InChI=1S/C26H22N2O3/c29-26(13-11-18-10-12-24-25(14-18)31-17-30-24)28-15-21(19-6-2-1-3-7-19)22-16-27-23-9-5-4-8-20(22)23/h1-14,16,21,27H,15,17H2,(H,28,29). The Bertz CT molecular complexity index is 1240. The highest BCUT2D eigenvalue weighted by molar-refractivity contribution is 5.92. The van der Waals surface area contributed by atoms with Crippen LogP contribution in [0.3, 0.4) is 0 Å². The molecule has 1 aliphatic rings. The number of aromatic nitrogens is 1. The van der Waals surface area contributed by atoms with Crippen LogP contribution < -0.4 is 14.8 Å². The first-order chi connectivity index (χ1) is 15.3. The van der Waals surface area contributed by atoms with E-state index in [1.807, 2.05) is 54.7 Å². The summed E-state index contributed by atoms with van der Waals surface area (Å²) in [4.78, 5) is 15.9. The van der Waals surface area contributed by atoms with Crippen LogP contribution in [-0.4, -0.2) is 24.2 Å². The van der Waals surface area contributed by atoms with Gasteiger partial charge in [-0.3, -0.25) is 4.79 Å². The van der Waals surface area contributed by atoms with E-state index in [0.29, 0.717) is 12.3 Å². The van der Waals surface area contributed by atoms with Crippen LogP contribution in [0, 0.1) is 0 Å². The molecule has 154 valence electrons. The number of para-hydroxylation sites is 1. The van der Waals surface area contributed by atoms with Gasteiger partial charge < -0.3 is 19.8 Å². The van der Waals surface area contributed by atoms with Crippen LogP contribution >= 0.6 is 0 Å². The number of rotatable bonds is 6. The summed E-state index contributed by atoms with van der Waals surface area (Å²) in [5.41, 5.74) is 4.30. The van der Waals surface area contributed by atoms with Crippen LogP contribution in [0.5, 0.6) is 11.5 Å². The van der Waals surface area contributed by atoms with Gasteiger partial charge in [0.25, 0.3) is 0 Å². The minimum Gasteiger partial charge on any atom is -0.454 e. The molecule has 1 aliphatic heterocycles. The van der Waals surface area contributed by atoms with E-state index in [2.05, 4.69) is 34.6 Å². The number of hydrogen-bond acceptors (Lipinski definition) is 3. The van der Waals surface area contributed by atoms with Gasteiger partial charge >= 0.3 is 0 Å². The monoisotopic (exact) mass is 410 g/mol. The fourth-order valence-corrected chi connectivity index (χ4v) is 3.93. The predicted molar refractivity (Wildman–Crippen MR) is 121 cm³/mol. The molecular formula is C26H22N2O3. The van der Waals surface area contributed by atoms with Gasteiger partial charge in [-0.05, 0) is 41.0 Å². The Morgan fingerprint density at radius 3 is 2.71 bits per heavy atom. The average Bonchev–Trinajstić information content (AvgIpc) is 3.45. The summed E-state index contributed by atoms with van der Waals surface area (Å²) in [5.74, 6) is 1.33. The van der Waals surface area contributed by atoms with Gasteiger partial charge in [0, 0.05) is 35.6 Å². The Hall–Kier alpha value is -3.99. The maximum absolute atomic E-state index is 12.6. The number of fused-ring (bicyclic) bond motifs is 2. The topological polar surface area (TPSA) is 63.4 Å². The van der Waals surface area contributed by atoms with E-state index in [1.54, 1.807) is 12.2 Å². The zero-order valence-corrected chi connectivity index (χ0v) is 16.9. The fourth-order valence-electron chi connectivity index (χ4n) is 3.93. The molecule has 1 unspecified atom stereocenters. The maximum atomic E-state index is 12.6. The highest BCUT2D eigenvalue weighted by Crippen LogP contribution is 2.33. The van der Waals surface area contributed by atoms with Crippen LogP contribution in [0.4, 0.5) is 0 Å². The van der Waals surface area contributed by atoms with E-state index in [9.17, 15) is 4.79 Å². The van der Waals surface area contributed by atoms with Crippen LogP contribution in [-0.2, 0) is 4.79 Å². The van der Waals surface area contributed by atoms with E-state index in [4.69, 9.17) is 9.47 Å². The smallest absolute Gasteiger partial charge is 0.244 e. The number of carbonyl (C=O) groups is 1. The summed E-state index contributed by atoms with van der Waals surface area (Å²) in [5, 5.41) is 4.23. The number of hydrogen-bond donors (Lipinski definition) is 2. The van der Waals surface area contributed by atoms with Crippen molar-refractivity contribution in [3.05, 3.63) is 102 Å². The zero-order chi connectivity index (χ0) is 21.0. The Balaban J connectivity index is 1.33. The normalized spacial score (nSPS) is 13.5. The summed E-state index contributed by atoms with van der Waals surface area (Å²) in [6, 6.07) is 24.1. The Morgan fingerprint density at radius 1 is 1.00 bits per heavy atom. The number of aromatic amines is 1. The summed E-state index contributed by atoms with van der Waals surface area (Å²) >= 11 is 0. The SMILES string of the molecule is O=C(C=Cc1ccc2c(c1)OCO2)NCC(c1ccccc1)c1c[nH]c2ccccc12. The van der Waals surface area contributed by atoms with E-state index in [0.717, 1.165) is 22.4 Å². The highest BCUT2D eigenvalue weighted by atomic mass is 16.7. The molecule has 0 saturated carbocycles. The molecule has 0 spiro atoms. The van der Waals surface area contributed by atoms with E-state index in [1.165, 1.54) is 10.9 Å². The molecule has 0 bridgehead atoms. The number of ether oxygens (including phenoxy) is 2. The second-order valence-electron chi connectivity index (χ2n) is 7.44.